The second kappa shape index (κ2) is 5.19. The molecule has 0 aromatic rings. The van der Waals surface area contributed by atoms with E-state index in [2.05, 4.69) is 24.9 Å². The Morgan fingerprint density at radius 2 is 2.17 bits per heavy atom. The fraction of sp³-hybridized carbons (Fsp3) is 0.933. The molecule has 0 bridgehead atoms. The monoisotopic (exact) mass is 250 g/mol. The second-order valence-corrected chi connectivity index (χ2v) is 6.44. The summed E-state index contributed by atoms with van der Waals surface area (Å²) in [5, 5.41) is 20.8. The molecule has 102 valence electrons. The fourth-order valence-corrected chi connectivity index (χ4v) is 4.00. The van der Waals surface area contributed by atoms with Crippen molar-refractivity contribution in [1.29, 1.82) is 5.26 Å². The molecular weight excluding hydrogens is 224 g/mol. The SMILES string of the molecule is CCC1CCCC(C#N)(C2(O)CCCN(C)C2)C1. The van der Waals surface area contributed by atoms with Gasteiger partial charge in [-0.05, 0) is 45.2 Å². The van der Waals surface area contributed by atoms with Gasteiger partial charge < -0.3 is 10.0 Å². The van der Waals surface area contributed by atoms with Crippen LogP contribution < -0.4 is 0 Å². The Morgan fingerprint density at radius 3 is 2.78 bits per heavy atom. The van der Waals surface area contributed by atoms with Gasteiger partial charge in [0, 0.05) is 6.54 Å². The van der Waals surface area contributed by atoms with Gasteiger partial charge in [0.05, 0.1) is 17.1 Å². The lowest BCUT2D eigenvalue weighted by molar-refractivity contribution is -0.118. The van der Waals surface area contributed by atoms with Crippen molar-refractivity contribution in [3.63, 3.8) is 0 Å². The van der Waals surface area contributed by atoms with E-state index in [1.165, 1.54) is 6.42 Å². The molecule has 0 aromatic heterocycles. The van der Waals surface area contributed by atoms with E-state index in [1.54, 1.807) is 0 Å². The highest BCUT2D eigenvalue weighted by atomic mass is 16.3. The fourth-order valence-electron chi connectivity index (χ4n) is 4.00. The van der Waals surface area contributed by atoms with E-state index in [4.69, 9.17) is 0 Å². The lowest BCUT2D eigenvalue weighted by atomic mass is 9.59. The minimum atomic E-state index is -0.789. The molecule has 3 atom stereocenters. The molecule has 3 nitrogen and oxygen atoms in total. The molecule has 0 radical (unpaired) electrons. The van der Waals surface area contributed by atoms with Crippen LogP contribution in [-0.2, 0) is 0 Å². The predicted octanol–water partition coefficient (Wildman–Crippen LogP) is 2.55. The second-order valence-electron chi connectivity index (χ2n) is 6.44. The normalized spacial score (nSPS) is 42.4. The van der Waals surface area contributed by atoms with Crippen molar-refractivity contribution in [2.24, 2.45) is 11.3 Å². The first kappa shape index (κ1) is 13.8. The molecule has 1 heterocycles. The summed E-state index contributed by atoms with van der Waals surface area (Å²) in [5.41, 5.74) is -1.29. The van der Waals surface area contributed by atoms with Gasteiger partial charge in [0.15, 0.2) is 0 Å². The van der Waals surface area contributed by atoms with Gasteiger partial charge >= 0.3 is 0 Å². The molecule has 3 unspecified atom stereocenters. The molecule has 2 aliphatic rings. The van der Waals surface area contributed by atoms with Gasteiger partial charge in [-0.2, -0.15) is 5.26 Å². The molecule has 1 aliphatic heterocycles. The molecule has 3 heteroatoms. The highest BCUT2D eigenvalue weighted by molar-refractivity contribution is 5.15. The molecule has 2 fully saturated rings. The van der Waals surface area contributed by atoms with Crippen LogP contribution in [0.4, 0.5) is 0 Å². The summed E-state index contributed by atoms with van der Waals surface area (Å²) in [6.45, 7) is 3.91. The van der Waals surface area contributed by atoms with Crippen LogP contribution in [0.25, 0.3) is 0 Å². The van der Waals surface area contributed by atoms with Crippen molar-refractivity contribution < 1.29 is 5.11 Å². The van der Waals surface area contributed by atoms with E-state index in [9.17, 15) is 10.4 Å². The number of hydrogen-bond acceptors (Lipinski definition) is 3. The molecule has 0 spiro atoms. The predicted molar refractivity (Wildman–Crippen MR) is 72.0 cm³/mol. The zero-order valence-electron chi connectivity index (χ0n) is 11.8. The van der Waals surface area contributed by atoms with E-state index in [1.807, 2.05) is 0 Å². The number of nitrogens with zero attached hydrogens (tertiary/aromatic N) is 2. The van der Waals surface area contributed by atoms with Gasteiger partial charge in [0.2, 0.25) is 0 Å². The summed E-state index contributed by atoms with van der Waals surface area (Å²) in [6.07, 6.45) is 7.03. The van der Waals surface area contributed by atoms with E-state index in [0.717, 1.165) is 45.1 Å². The van der Waals surface area contributed by atoms with Crippen LogP contribution in [0.1, 0.15) is 51.9 Å². The average Bonchev–Trinajstić information content (AvgIpc) is 2.38. The Bertz CT molecular complexity index is 338. The number of rotatable bonds is 2. The maximum atomic E-state index is 11.1. The third-order valence-corrected chi connectivity index (χ3v) is 5.20. The molecule has 1 N–H and O–H groups in total. The summed E-state index contributed by atoms with van der Waals surface area (Å²) in [7, 11) is 2.05. The molecule has 1 saturated heterocycles. The van der Waals surface area contributed by atoms with Crippen LogP contribution in [-0.4, -0.2) is 35.7 Å². The van der Waals surface area contributed by atoms with Crippen molar-refractivity contribution in [3.8, 4) is 6.07 Å². The van der Waals surface area contributed by atoms with Gasteiger partial charge in [-0.25, -0.2) is 0 Å². The Kier molecular flexibility index (Phi) is 3.99. The van der Waals surface area contributed by atoms with Crippen molar-refractivity contribution >= 4 is 0 Å². The zero-order valence-corrected chi connectivity index (χ0v) is 11.8. The molecule has 0 aromatic carbocycles. The lowest BCUT2D eigenvalue weighted by Crippen LogP contribution is -2.58. The zero-order chi connectivity index (χ0) is 13.2. The first-order chi connectivity index (χ1) is 8.55. The van der Waals surface area contributed by atoms with E-state index < -0.39 is 11.0 Å². The maximum Gasteiger partial charge on any atom is 0.0959 e. The number of likely N-dealkylation sites (tertiary alicyclic amines) is 1. The number of hydrogen-bond donors (Lipinski definition) is 1. The van der Waals surface area contributed by atoms with Gasteiger partial charge in [0.1, 0.15) is 0 Å². The quantitative estimate of drug-likeness (QED) is 0.819. The molecule has 1 saturated carbocycles. The molecule has 18 heavy (non-hydrogen) atoms. The van der Waals surface area contributed by atoms with Crippen LogP contribution in [0, 0.1) is 22.7 Å². The van der Waals surface area contributed by atoms with Crippen LogP contribution in [0.2, 0.25) is 0 Å². The summed E-state index contributed by atoms with van der Waals surface area (Å²) < 4.78 is 0. The van der Waals surface area contributed by atoms with Crippen molar-refractivity contribution in [2.45, 2.75) is 57.5 Å². The van der Waals surface area contributed by atoms with Crippen LogP contribution in [0.15, 0.2) is 0 Å². The number of nitriles is 1. The summed E-state index contributed by atoms with van der Waals surface area (Å²) in [6, 6.07) is 2.54. The first-order valence-electron chi connectivity index (χ1n) is 7.37. The Labute approximate surface area is 111 Å². The third-order valence-electron chi connectivity index (χ3n) is 5.20. The molecule has 2 rings (SSSR count). The van der Waals surface area contributed by atoms with Crippen LogP contribution in [0.5, 0.6) is 0 Å². The third kappa shape index (κ3) is 2.29. The van der Waals surface area contributed by atoms with E-state index in [0.29, 0.717) is 12.5 Å². The van der Waals surface area contributed by atoms with Gasteiger partial charge in [0.25, 0.3) is 0 Å². The van der Waals surface area contributed by atoms with Crippen LogP contribution in [0.3, 0.4) is 0 Å². The number of likely N-dealkylation sites (N-methyl/N-ethyl adjacent to an activating group) is 1. The largest absolute Gasteiger partial charge is 0.387 e. The standard InChI is InChI=1S/C15H26N2O/c1-3-13-6-4-7-14(10-13,11-16)15(18)8-5-9-17(2)12-15/h13,18H,3-10,12H2,1-2H3. The van der Waals surface area contributed by atoms with Crippen molar-refractivity contribution in [3.05, 3.63) is 0 Å². The van der Waals surface area contributed by atoms with E-state index in [-0.39, 0.29) is 0 Å². The average molecular weight is 250 g/mol. The number of piperidine rings is 1. The summed E-state index contributed by atoms with van der Waals surface area (Å²) >= 11 is 0. The molecular formula is C15H26N2O. The summed E-state index contributed by atoms with van der Waals surface area (Å²) in [5.74, 6) is 0.620. The van der Waals surface area contributed by atoms with E-state index >= 15 is 0 Å². The Morgan fingerprint density at radius 1 is 1.39 bits per heavy atom. The van der Waals surface area contributed by atoms with Crippen molar-refractivity contribution in [1.82, 2.24) is 4.90 Å². The molecule has 0 amide bonds. The minimum Gasteiger partial charge on any atom is -0.387 e. The van der Waals surface area contributed by atoms with Gasteiger partial charge in [-0.3, -0.25) is 0 Å². The Balaban J connectivity index is 2.23. The first-order valence-corrected chi connectivity index (χ1v) is 7.37. The van der Waals surface area contributed by atoms with Crippen molar-refractivity contribution in [2.75, 3.05) is 20.1 Å². The molecule has 1 aliphatic carbocycles. The smallest absolute Gasteiger partial charge is 0.0959 e. The Hall–Kier alpha value is -0.590. The highest BCUT2D eigenvalue weighted by Gasteiger charge is 2.53. The van der Waals surface area contributed by atoms with Gasteiger partial charge in [-0.1, -0.05) is 26.2 Å². The lowest BCUT2D eigenvalue weighted by Gasteiger charge is -2.50. The number of aliphatic hydroxyl groups is 1. The highest BCUT2D eigenvalue weighted by Crippen LogP contribution is 2.50. The maximum absolute atomic E-state index is 11.1. The minimum absolute atomic E-state index is 0.499. The number of β-amino-alcohol motifs (C(OH)–C–C–N with tert-alkyl or cyclic N) is 1. The van der Waals surface area contributed by atoms with Gasteiger partial charge in [-0.15, -0.1) is 0 Å². The van der Waals surface area contributed by atoms with Crippen LogP contribution >= 0.6 is 0 Å². The summed E-state index contributed by atoms with van der Waals surface area (Å²) in [4.78, 5) is 2.18. The topological polar surface area (TPSA) is 47.3 Å².